The second kappa shape index (κ2) is 7.17. The van der Waals surface area contributed by atoms with Crippen LogP contribution >= 0.6 is 0 Å². The lowest BCUT2D eigenvalue weighted by molar-refractivity contribution is -0.123. The number of nitrogens with one attached hydrogen (secondary N) is 1. The van der Waals surface area contributed by atoms with Gasteiger partial charge in [0.25, 0.3) is 0 Å². The van der Waals surface area contributed by atoms with Crippen LogP contribution < -0.4 is 11.1 Å². The fourth-order valence-electron chi connectivity index (χ4n) is 2.19. The first kappa shape index (κ1) is 16.2. The van der Waals surface area contributed by atoms with Crippen LogP contribution in [0.5, 0.6) is 0 Å². The van der Waals surface area contributed by atoms with Gasteiger partial charge in [0.2, 0.25) is 5.91 Å². The van der Waals surface area contributed by atoms with E-state index in [-0.39, 0.29) is 11.9 Å². The van der Waals surface area contributed by atoms with Gasteiger partial charge in [-0.2, -0.15) is 0 Å². The van der Waals surface area contributed by atoms with Gasteiger partial charge in [0.05, 0.1) is 24.0 Å². The summed E-state index contributed by atoms with van der Waals surface area (Å²) in [5, 5.41) is 11.1. The zero-order valence-corrected chi connectivity index (χ0v) is 13.2. The molecule has 1 heterocycles. The molecule has 1 amide bonds. The summed E-state index contributed by atoms with van der Waals surface area (Å²) in [6.07, 6.45) is 2.48. The molecule has 6 nitrogen and oxygen atoms in total. The SMILES string of the molecule is CC(C)C[C@H](N)C(=O)NC(C)c1cn(-c2ccccc2)nn1. The van der Waals surface area contributed by atoms with Gasteiger partial charge in [0, 0.05) is 0 Å². The Labute approximate surface area is 130 Å². The van der Waals surface area contributed by atoms with Crippen molar-refractivity contribution in [3.05, 3.63) is 42.2 Å². The van der Waals surface area contributed by atoms with Crippen molar-refractivity contribution in [3.63, 3.8) is 0 Å². The number of carbonyl (C=O) groups excluding carboxylic acids is 1. The second-order valence-corrected chi connectivity index (χ2v) is 5.89. The predicted molar refractivity (Wildman–Crippen MR) is 85.3 cm³/mol. The van der Waals surface area contributed by atoms with Gasteiger partial charge in [-0.1, -0.05) is 37.3 Å². The van der Waals surface area contributed by atoms with E-state index in [1.165, 1.54) is 0 Å². The minimum absolute atomic E-state index is 0.157. The average molecular weight is 301 g/mol. The summed E-state index contributed by atoms with van der Waals surface area (Å²) in [7, 11) is 0. The third-order valence-electron chi connectivity index (χ3n) is 3.40. The molecule has 0 saturated heterocycles. The molecule has 0 radical (unpaired) electrons. The Hall–Kier alpha value is -2.21. The molecular weight excluding hydrogens is 278 g/mol. The smallest absolute Gasteiger partial charge is 0.237 e. The van der Waals surface area contributed by atoms with Gasteiger partial charge in [-0.3, -0.25) is 4.79 Å². The highest BCUT2D eigenvalue weighted by Gasteiger charge is 2.19. The lowest BCUT2D eigenvalue weighted by Gasteiger charge is -2.17. The molecule has 0 aliphatic carbocycles. The monoisotopic (exact) mass is 301 g/mol. The van der Waals surface area contributed by atoms with Gasteiger partial charge in [-0.15, -0.1) is 5.10 Å². The Balaban J connectivity index is 2.00. The van der Waals surface area contributed by atoms with Gasteiger partial charge < -0.3 is 11.1 Å². The van der Waals surface area contributed by atoms with Gasteiger partial charge >= 0.3 is 0 Å². The molecule has 0 spiro atoms. The summed E-state index contributed by atoms with van der Waals surface area (Å²) in [6, 6.07) is 8.98. The summed E-state index contributed by atoms with van der Waals surface area (Å²) in [6.45, 7) is 5.96. The first-order valence-electron chi connectivity index (χ1n) is 7.51. The highest BCUT2D eigenvalue weighted by atomic mass is 16.2. The van der Waals surface area contributed by atoms with E-state index in [9.17, 15) is 4.79 Å². The van der Waals surface area contributed by atoms with Gasteiger partial charge in [-0.25, -0.2) is 4.68 Å². The number of aromatic nitrogens is 3. The van der Waals surface area contributed by atoms with Crippen LogP contribution in [0.25, 0.3) is 5.69 Å². The highest BCUT2D eigenvalue weighted by Crippen LogP contribution is 2.12. The number of nitrogens with two attached hydrogens (primary N) is 1. The fraction of sp³-hybridized carbons (Fsp3) is 0.438. The Morgan fingerprint density at radius 2 is 1.95 bits per heavy atom. The van der Waals surface area contributed by atoms with Crippen LogP contribution in [-0.2, 0) is 4.79 Å². The Morgan fingerprint density at radius 1 is 1.27 bits per heavy atom. The van der Waals surface area contributed by atoms with Crippen molar-refractivity contribution >= 4 is 5.91 Å². The van der Waals surface area contributed by atoms with Crippen LogP contribution in [0, 0.1) is 5.92 Å². The Kier molecular flexibility index (Phi) is 5.27. The molecule has 0 fully saturated rings. The lowest BCUT2D eigenvalue weighted by atomic mass is 10.0. The summed E-state index contributed by atoms with van der Waals surface area (Å²) in [5.74, 6) is 0.227. The van der Waals surface area contributed by atoms with E-state index >= 15 is 0 Å². The quantitative estimate of drug-likeness (QED) is 0.852. The topological polar surface area (TPSA) is 85.8 Å². The van der Waals surface area contributed by atoms with Crippen LogP contribution in [0.4, 0.5) is 0 Å². The number of rotatable bonds is 6. The zero-order chi connectivity index (χ0) is 16.1. The van der Waals surface area contributed by atoms with Crippen LogP contribution in [0.3, 0.4) is 0 Å². The van der Waals surface area contributed by atoms with Crippen LogP contribution in [0.2, 0.25) is 0 Å². The number of para-hydroxylation sites is 1. The number of benzene rings is 1. The number of nitrogens with zero attached hydrogens (tertiary/aromatic N) is 3. The van der Waals surface area contributed by atoms with Crippen molar-refractivity contribution in [3.8, 4) is 5.69 Å². The molecule has 1 aromatic carbocycles. The maximum atomic E-state index is 12.0. The molecule has 118 valence electrons. The molecule has 0 aliphatic rings. The van der Waals surface area contributed by atoms with E-state index in [2.05, 4.69) is 15.6 Å². The zero-order valence-electron chi connectivity index (χ0n) is 13.2. The number of carbonyl (C=O) groups is 1. The molecule has 2 aromatic rings. The number of amides is 1. The molecule has 0 aliphatic heterocycles. The molecule has 6 heteroatoms. The van der Waals surface area contributed by atoms with Crippen molar-refractivity contribution < 1.29 is 4.79 Å². The van der Waals surface area contributed by atoms with Crippen LogP contribution in [0.15, 0.2) is 36.5 Å². The van der Waals surface area contributed by atoms with Gasteiger partial charge in [0.15, 0.2) is 0 Å². The normalized spacial score (nSPS) is 13.9. The molecule has 22 heavy (non-hydrogen) atoms. The first-order chi connectivity index (χ1) is 10.5. The summed E-state index contributed by atoms with van der Waals surface area (Å²) >= 11 is 0. The van der Waals surface area contributed by atoms with Gasteiger partial charge in [-0.05, 0) is 31.4 Å². The van der Waals surface area contributed by atoms with Crippen LogP contribution in [-0.4, -0.2) is 26.9 Å². The maximum Gasteiger partial charge on any atom is 0.237 e. The molecular formula is C16H23N5O. The molecule has 0 saturated carbocycles. The minimum atomic E-state index is -0.494. The predicted octanol–water partition coefficient (Wildman–Crippen LogP) is 1.82. The molecule has 1 unspecified atom stereocenters. The lowest BCUT2D eigenvalue weighted by Crippen LogP contribution is -2.42. The van der Waals surface area contributed by atoms with E-state index in [1.54, 1.807) is 4.68 Å². The largest absolute Gasteiger partial charge is 0.347 e. The number of hydrogen-bond acceptors (Lipinski definition) is 4. The molecule has 2 rings (SSSR count). The third kappa shape index (κ3) is 4.14. The summed E-state index contributed by atoms with van der Waals surface area (Å²) in [4.78, 5) is 12.0. The average Bonchev–Trinajstić information content (AvgIpc) is 2.97. The summed E-state index contributed by atoms with van der Waals surface area (Å²) < 4.78 is 1.69. The van der Waals surface area contributed by atoms with E-state index in [1.807, 2.05) is 57.3 Å². The third-order valence-corrected chi connectivity index (χ3v) is 3.40. The summed E-state index contributed by atoms with van der Waals surface area (Å²) in [5.41, 5.74) is 7.52. The van der Waals surface area contributed by atoms with Crippen molar-refractivity contribution in [1.82, 2.24) is 20.3 Å². The van der Waals surface area contributed by atoms with Crippen molar-refractivity contribution in [2.45, 2.75) is 39.3 Å². The molecule has 2 atom stereocenters. The first-order valence-corrected chi connectivity index (χ1v) is 7.51. The van der Waals surface area contributed by atoms with E-state index in [0.29, 0.717) is 18.0 Å². The van der Waals surface area contributed by atoms with Crippen molar-refractivity contribution in [1.29, 1.82) is 0 Å². The second-order valence-electron chi connectivity index (χ2n) is 5.89. The van der Waals surface area contributed by atoms with E-state index in [4.69, 9.17) is 5.73 Å². The van der Waals surface area contributed by atoms with Crippen molar-refractivity contribution in [2.75, 3.05) is 0 Å². The van der Waals surface area contributed by atoms with Crippen LogP contribution in [0.1, 0.15) is 38.9 Å². The van der Waals surface area contributed by atoms with E-state index < -0.39 is 6.04 Å². The molecule has 1 aromatic heterocycles. The number of hydrogen-bond donors (Lipinski definition) is 2. The molecule has 0 bridgehead atoms. The fourth-order valence-corrected chi connectivity index (χ4v) is 2.19. The molecule has 3 N–H and O–H groups in total. The maximum absolute atomic E-state index is 12.0. The Bertz CT molecular complexity index is 608. The minimum Gasteiger partial charge on any atom is -0.347 e. The van der Waals surface area contributed by atoms with Crippen molar-refractivity contribution in [2.24, 2.45) is 11.7 Å². The highest BCUT2D eigenvalue weighted by molar-refractivity contribution is 5.81. The standard InChI is InChI=1S/C16H23N5O/c1-11(2)9-14(17)16(22)18-12(3)15-10-21(20-19-15)13-7-5-4-6-8-13/h4-8,10-12,14H,9,17H2,1-3H3,(H,18,22)/t12?,14-/m0/s1. The van der Waals surface area contributed by atoms with Gasteiger partial charge in [0.1, 0.15) is 5.69 Å². The Morgan fingerprint density at radius 3 is 2.59 bits per heavy atom. The van der Waals surface area contributed by atoms with E-state index in [0.717, 1.165) is 5.69 Å².